The number of carbonyl (C=O) groups excluding carboxylic acids is 1. The number of unbranched alkanes of at least 4 members (excludes halogenated alkanes) is 1. The number of benzene rings is 1. The van der Waals surface area contributed by atoms with E-state index >= 15 is 0 Å². The molecule has 0 unspecified atom stereocenters. The molecule has 0 aliphatic rings. The summed E-state index contributed by atoms with van der Waals surface area (Å²) in [5.41, 5.74) is 5.95. The smallest absolute Gasteiger partial charge is 0.227 e. The molecule has 0 radical (unpaired) electrons. The molecule has 2 N–H and O–H groups in total. The molecule has 5 heteroatoms. The average molecular weight is 270 g/mol. The van der Waals surface area contributed by atoms with Crippen molar-refractivity contribution in [1.82, 2.24) is 4.90 Å². The molecule has 0 saturated heterocycles. The molecule has 0 atom stereocenters. The van der Waals surface area contributed by atoms with Crippen molar-refractivity contribution in [1.29, 1.82) is 0 Å². The van der Waals surface area contributed by atoms with Crippen molar-refractivity contribution in [3.63, 3.8) is 0 Å². The second-order valence-corrected chi connectivity index (χ2v) is 4.45. The van der Waals surface area contributed by atoms with Gasteiger partial charge in [-0.05, 0) is 24.1 Å². The van der Waals surface area contributed by atoms with E-state index in [4.69, 9.17) is 5.73 Å². The van der Waals surface area contributed by atoms with Gasteiger partial charge in [0, 0.05) is 19.6 Å². The fraction of sp³-hybridized carbons (Fsp3) is 0.500. The highest BCUT2D eigenvalue weighted by Gasteiger charge is 2.13. The standard InChI is InChI=1S/C14H20F2N2O/c1-2-3-7-18(8-6-17)14(19)10-11-4-5-12(15)13(16)9-11/h4-5,9H,2-3,6-8,10,17H2,1H3. The molecule has 0 bridgehead atoms. The Kier molecular flexibility index (Phi) is 6.42. The average Bonchev–Trinajstić information content (AvgIpc) is 2.38. The van der Waals surface area contributed by atoms with Gasteiger partial charge in [-0.1, -0.05) is 19.4 Å². The van der Waals surface area contributed by atoms with Gasteiger partial charge < -0.3 is 10.6 Å². The molecule has 1 aromatic carbocycles. The molecule has 0 saturated carbocycles. The second kappa shape index (κ2) is 7.84. The maximum atomic E-state index is 13.1. The number of hydrogen-bond acceptors (Lipinski definition) is 2. The van der Waals surface area contributed by atoms with Crippen LogP contribution in [0.15, 0.2) is 18.2 Å². The first-order chi connectivity index (χ1) is 9.08. The lowest BCUT2D eigenvalue weighted by atomic mass is 10.1. The van der Waals surface area contributed by atoms with Crippen LogP contribution in [0.3, 0.4) is 0 Å². The van der Waals surface area contributed by atoms with Gasteiger partial charge in [0.2, 0.25) is 5.91 Å². The van der Waals surface area contributed by atoms with Crippen LogP contribution in [0.2, 0.25) is 0 Å². The van der Waals surface area contributed by atoms with E-state index in [-0.39, 0.29) is 12.3 Å². The quantitative estimate of drug-likeness (QED) is 0.824. The van der Waals surface area contributed by atoms with Crippen molar-refractivity contribution in [3.8, 4) is 0 Å². The first kappa shape index (κ1) is 15.6. The number of rotatable bonds is 7. The van der Waals surface area contributed by atoms with Gasteiger partial charge in [-0.25, -0.2) is 8.78 Å². The van der Waals surface area contributed by atoms with E-state index in [1.165, 1.54) is 6.07 Å². The highest BCUT2D eigenvalue weighted by atomic mass is 19.2. The van der Waals surface area contributed by atoms with Crippen LogP contribution in [0, 0.1) is 11.6 Å². The summed E-state index contributed by atoms with van der Waals surface area (Å²) < 4.78 is 25.9. The predicted molar refractivity (Wildman–Crippen MR) is 70.6 cm³/mol. The van der Waals surface area contributed by atoms with Gasteiger partial charge in [-0.2, -0.15) is 0 Å². The van der Waals surface area contributed by atoms with E-state index in [1.54, 1.807) is 4.90 Å². The van der Waals surface area contributed by atoms with Crippen LogP contribution in [-0.2, 0) is 11.2 Å². The van der Waals surface area contributed by atoms with Gasteiger partial charge in [-0.15, -0.1) is 0 Å². The second-order valence-electron chi connectivity index (χ2n) is 4.45. The normalized spacial score (nSPS) is 10.5. The lowest BCUT2D eigenvalue weighted by Gasteiger charge is -2.21. The van der Waals surface area contributed by atoms with E-state index in [0.717, 1.165) is 25.0 Å². The van der Waals surface area contributed by atoms with Crippen molar-refractivity contribution < 1.29 is 13.6 Å². The Morgan fingerprint density at radius 2 is 2.00 bits per heavy atom. The van der Waals surface area contributed by atoms with Gasteiger partial charge in [0.05, 0.1) is 6.42 Å². The molecule has 3 nitrogen and oxygen atoms in total. The molecule has 0 fully saturated rings. The fourth-order valence-corrected chi connectivity index (χ4v) is 1.80. The van der Waals surface area contributed by atoms with Gasteiger partial charge in [0.15, 0.2) is 11.6 Å². The van der Waals surface area contributed by atoms with Crippen LogP contribution in [0.25, 0.3) is 0 Å². The molecule has 1 amide bonds. The third-order valence-electron chi connectivity index (χ3n) is 2.87. The van der Waals surface area contributed by atoms with E-state index in [1.807, 2.05) is 6.92 Å². The van der Waals surface area contributed by atoms with E-state index in [9.17, 15) is 13.6 Å². The molecule has 0 aliphatic heterocycles. The fourth-order valence-electron chi connectivity index (χ4n) is 1.80. The molecule has 1 aromatic rings. The number of carbonyl (C=O) groups is 1. The van der Waals surface area contributed by atoms with Crippen molar-refractivity contribution in [2.45, 2.75) is 26.2 Å². The third kappa shape index (κ3) is 4.95. The zero-order valence-corrected chi connectivity index (χ0v) is 11.2. The summed E-state index contributed by atoms with van der Waals surface area (Å²) in [5.74, 6) is -1.94. The van der Waals surface area contributed by atoms with E-state index < -0.39 is 11.6 Å². The summed E-state index contributed by atoms with van der Waals surface area (Å²) in [5, 5.41) is 0. The summed E-state index contributed by atoms with van der Waals surface area (Å²) in [7, 11) is 0. The van der Waals surface area contributed by atoms with Crippen LogP contribution in [0.4, 0.5) is 8.78 Å². The SMILES string of the molecule is CCCCN(CCN)C(=O)Cc1ccc(F)c(F)c1. The summed E-state index contributed by atoms with van der Waals surface area (Å²) in [6.07, 6.45) is 1.96. The van der Waals surface area contributed by atoms with E-state index in [2.05, 4.69) is 0 Å². The third-order valence-corrected chi connectivity index (χ3v) is 2.87. The minimum absolute atomic E-state index is 0.0704. The molecule has 1 rings (SSSR count). The van der Waals surface area contributed by atoms with Crippen LogP contribution in [-0.4, -0.2) is 30.4 Å². The predicted octanol–water partition coefficient (Wildman–Crippen LogP) is 2.09. The van der Waals surface area contributed by atoms with Crippen LogP contribution >= 0.6 is 0 Å². The molecule has 0 heterocycles. The molecule has 0 aromatic heterocycles. The first-order valence-electron chi connectivity index (χ1n) is 6.50. The summed E-state index contributed by atoms with van der Waals surface area (Å²) in [6, 6.07) is 3.53. The maximum Gasteiger partial charge on any atom is 0.227 e. The van der Waals surface area contributed by atoms with Crippen molar-refractivity contribution in [2.75, 3.05) is 19.6 Å². The molecular weight excluding hydrogens is 250 g/mol. The number of halogens is 2. The number of hydrogen-bond donors (Lipinski definition) is 1. The highest BCUT2D eigenvalue weighted by Crippen LogP contribution is 2.10. The Morgan fingerprint density at radius 1 is 1.26 bits per heavy atom. The minimum Gasteiger partial charge on any atom is -0.341 e. The Balaban J connectivity index is 2.66. The lowest BCUT2D eigenvalue weighted by Crippen LogP contribution is -2.37. The molecule has 19 heavy (non-hydrogen) atoms. The monoisotopic (exact) mass is 270 g/mol. The number of nitrogens with two attached hydrogens (primary N) is 1. The highest BCUT2D eigenvalue weighted by molar-refractivity contribution is 5.78. The first-order valence-corrected chi connectivity index (χ1v) is 6.50. The summed E-state index contributed by atoms with van der Waals surface area (Å²) >= 11 is 0. The lowest BCUT2D eigenvalue weighted by molar-refractivity contribution is -0.130. The summed E-state index contributed by atoms with van der Waals surface area (Å²) in [6.45, 7) is 3.58. The molecule has 0 spiro atoms. The number of amides is 1. The van der Waals surface area contributed by atoms with Crippen molar-refractivity contribution >= 4 is 5.91 Å². The Hall–Kier alpha value is -1.49. The zero-order chi connectivity index (χ0) is 14.3. The molecule has 106 valence electrons. The van der Waals surface area contributed by atoms with Gasteiger partial charge in [0.1, 0.15) is 0 Å². The zero-order valence-electron chi connectivity index (χ0n) is 11.2. The molecule has 0 aliphatic carbocycles. The van der Waals surface area contributed by atoms with Crippen LogP contribution in [0.5, 0.6) is 0 Å². The summed E-state index contributed by atoms with van der Waals surface area (Å²) in [4.78, 5) is 13.7. The maximum absolute atomic E-state index is 13.1. The Morgan fingerprint density at radius 3 is 2.58 bits per heavy atom. The largest absolute Gasteiger partial charge is 0.341 e. The topological polar surface area (TPSA) is 46.3 Å². The van der Waals surface area contributed by atoms with Gasteiger partial charge >= 0.3 is 0 Å². The van der Waals surface area contributed by atoms with Gasteiger partial charge in [0.25, 0.3) is 0 Å². The Labute approximate surface area is 112 Å². The molecular formula is C14H20F2N2O. The van der Waals surface area contributed by atoms with Crippen LogP contribution < -0.4 is 5.73 Å². The van der Waals surface area contributed by atoms with Crippen molar-refractivity contribution in [3.05, 3.63) is 35.4 Å². The minimum atomic E-state index is -0.927. The van der Waals surface area contributed by atoms with Crippen molar-refractivity contribution in [2.24, 2.45) is 5.73 Å². The van der Waals surface area contributed by atoms with Crippen LogP contribution in [0.1, 0.15) is 25.3 Å². The Bertz CT molecular complexity index is 424. The van der Waals surface area contributed by atoms with Gasteiger partial charge in [-0.3, -0.25) is 4.79 Å². The number of nitrogens with zero attached hydrogens (tertiary/aromatic N) is 1. The van der Waals surface area contributed by atoms with E-state index in [0.29, 0.717) is 25.2 Å².